The quantitative estimate of drug-likeness (QED) is 0.884. The summed E-state index contributed by atoms with van der Waals surface area (Å²) in [6.45, 7) is 0. The molecule has 1 fully saturated rings. The van der Waals surface area contributed by atoms with Crippen molar-refractivity contribution in [3.8, 4) is 11.5 Å². The average molecular weight is 268 g/mol. The van der Waals surface area contributed by atoms with E-state index in [1.807, 2.05) is 0 Å². The summed E-state index contributed by atoms with van der Waals surface area (Å²) in [5.41, 5.74) is -1.18. The lowest BCUT2D eigenvalue weighted by molar-refractivity contribution is -0.145. The van der Waals surface area contributed by atoms with Gasteiger partial charge in [0, 0.05) is 5.56 Å². The zero-order chi connectivity index (χ0) is 14.0. The SMILES string of the molecule is COc1ccc(C2(C(=O)O)CCCCC2)c(F)c1O. The van der Waals surface area contributed by atoms with E-state index >= 15 is 0 Å². The van der Waals surface area contributed by atoms with Crippen LogP contribution < -0.4 is 4.74 Å². The van der Waals surface area contributed by atoms with Crippen molar-refractivity contribution in [3.05, 3.63) is 23.5 Å². The molecule has 1 aliphatic carbocycles. The van der Waals surface area contributed by atoms with Gasteiger partial charge in [-0.05, 0) is 18.9 Å². The minimum absolute atomic E-state index is 0.0117. The van der Waals surface area contributed by atoms with Gasteiger partial charge in [-0.3, -0.25) is 4.79 Å². The van der Waals surface area contributed by atoms with Gasteiger partial charge in [0.1, 0.15) is 0 Å². The molecule has 2 N–H and O–H groups in total. The van der Waals surface area contributed by atoms with Crippen molar-refractivity contribution >= 4 is 5.97 Å². The predicted molar refractivity (Wildman–Crippen MR) is 67.0 cm³/mol. The summed E-state index contributed by atoms with van der Waals surface area (Å²) in [5.74, 6) is -2.52. The van der Waals surface area contributed by atoms with E-state index in [-0.39, 0.29) is 11.3 Å². The monoisotopic (exact) mass is 268 g/mol. The molecule has 4 nitrogen and oxygen atoms in total. The molecule has 0 radical (unpaired) electrons. The topological polar surface area (TPSA) is 66.8 Å². The minimum atomic E-state index is -1.23. The molecule has 1 aromatic carbocycles. The van der Waals surface area contributed by atoms with Gasteiger partial charge in [-0.15, -0.1) is 0 Å². The average Bonchev–Trinajstić information content (AvgIpc) is 2.42. The Labute approximate surface area is 110 Å². The number of carbonyl (C=O) groups is 1. The Morgan fingerprint density at radius 3 is 2.47 bits per heavy atom. The van der Waals surface area contributed by atoms with E-state index in [0.29, 0.717) is 12.8 Å². The zero-order valence-corrected chi connectivity index (χ0v) is 10.8. The second-order valence-corrected chi connectivity index (χ2v) is 4.93. The molecule has 0 heterocycles. The fourth-order valence-corrected chi connectivity index (χ4v) is 2.83. The first-order chi connectivity index (χ1) is 9.03. The van der Waals surface area contributed by atoms with Crippen LogP contribution >= 0.6 is 0 Å². The van der Waals surface area contributed by atoms with Crippen molar-refractivity contribution in [1.82, 2.24) is 0 Å². The summed E-state index contributed by atoms with van der Waals surface area (Å²) >= 11 is 0. The molecule has 0 atom stereocenters. The molecule has 0 bridgehead atoms. The van der Waals surface area contributed by atoms with Gasteiger partial charge < -0.3 is 14.9 Å². The predicted octanol–water partition coefficient (Wildman–Crippen LogP) is 2.83. The molecule has 0 aliphatic heterocycles. The van der Waals surface area contributed by atoms with E-state index in [2.05, 4.69) is 0 Å². The Morgan fingerprint density at radius 2 is 1.95 bits per heavy atom. The lowest BCUT2D eigenvalue weighted by atomic mass is 9.69. The van der Waals surface area contributed by atoms with E-state index in [1.54, 1.807) is 0 Å². The number of rotatable bonds is 3. The van der Waals surface area contributed by atoms with Crippen LogP contribution in [-0.2, 0) is 10.2 Å². The molecule has 5 heteroatoms. The molecule has 0 amide bonds. The van der Waals surface area contributed by atoms with Crippen molar-refractivity contribution in [2.24, 2.45) is 0 Å². The number of hydrogen-bond acceptors (Lipinski definition) is 3. The number of halogens is 1. The van der Waals surface area contributed by atoms with E-state index < -0.39 is 23.0 Å². The first-order valence-electron chi connectivity index (χ1n) is 6.32. The molecule has 1 aliphatic rings. The number of phenolic OH excluding ortho intramolecular Hbond substituents is 1. The third-order valence-electron chi connectivity index (χ3n) is 3.93. The standard InChI is InChI=1S/C14H17FO4/c1-19-10-6-5-9(11(15)12(10)16)14(13(17)18)7-3-2-4-8-14/h5-6,16H,2-4,7-8H2,1H3,(H,17,18). The lowest BCUT2D eigenvalue weighted by Crippen LogP contribution is -2.38. The van der Waals surface area contributed by atoms with Crippen LogP contribution in [0.4, 0.5) is 4.39 Å². The second-order valence-electron chi connectivity index (χ2n) is 4.93. The van der Waals surface area contributed by atoms with Crippen LogP contribution in [0.2, 0.25) is 0 Å². The number of phenols is 1. The summed E-state index contributed by atoms with van der Waals surface area (Å²) in [5, 5.41) is 19.2. The summed E-state index contributed by atoms with van der Waals surface area (Å²) in [7, 11) is 1.32. The van der Waals surface area contributed by atoms with Gasteiger partial charge in [0.2, 0.25) is 0 Å². The van der Waals surface area contributed by atoms with Gasteiger partial charge in [0.25, 0.3) is 0 Å². The summed E-state index contributed by atoms with van der Waals surface area (Å²) in [6.07, 6.45) is 3.24. The molecule has 0 unspecified atom stereocenters. The largest absolute Gasteiger partial charge is 0.502 e. The number of aliphatic carboxylic acids is 1. The molecule has 0 aromatic heterocycles. The number of methoxy groups -OCH3 is 1. The fourth-order valence-electron chi connectivity index (χ4n) is 2.83. The second kappa shape index (κ2) is 5.07. The minimum Gasteiger partial charge on any atom is -0.502 e. The van der Waals surface area contributed by atoms with Crippen LogP contribution in [0.25, 0.3) is 0 Å². The molecule has 2 rings (SSSR count). The van der Waals surface area contributed by atoms with E-state index in [9.17, 15) is 19.4 Å². The van der Waals surface area contributed by atoms with Gasteiger partial charge in [0.15, 0.2) is 17.3 Å². The Morgan fingerprint density at radius 1 is 1.32 bits per heavy atom. The number of aromatic hydroxyl groups is 1. The van der Waals surface area contributed by atoms with Crippen LogP contribution in [0.15, 0.2) is 12.1 Å². The van der Waals surface area contributed by atoms with Crippen LogP contribution in [0, 0.1) is 5.82 Å². The molecule has 1 aromatic rings. The first kappa shape index (κ1) is 13.6. The molecule has 1 saturated carbocycles. The van der Waals surface area contributed by atoms with Gasteiger partial charge in [0.05, 0.1) is 12.5 Å². The number of ether oxygens (including phenoxy) is 1. The number of carboxylic acids is 1. The van der Waals surface area contributed by atoms with E-state index in [0.717, 1.165) is 19.3 Å². The Balaban J connectivity index is 2.54. The van der Waals surface area contributed by atoms with Crippen LogP contribution in [0.5, 0.6) is 11.5 Å². The summed E-state index contributed by atoms with van der Waals surface area (Å²) in [6, 6.07) is 2.82. The maximum Gasteiger partial charge on any atom is 0.314 e. The maximum atomic E-state index is 14.2. The highest BCUT2D eigenvalue weighted by molar-refractivity contribution is 5.82. The molecule has 0 saturated heterocycles. The normalized spacial score (nSPS) is 18.0. The highest BCUT2D eigenvalue weighted by atomic mass is 19.1. The third kappa shape index (κ3) is 2.13. The Bertz CT molecular complexity index is 492. The van der Waals surface area contributed by atoms with Crippen molar-refractivity contribution in [3.63, 3.8) is 0 Å². The van der Waals surface area contributed by atoms with Crippen molar-refractivity contribution in [1.29, 1.82) is 0 Å². The molecular weight excluding hydrogens is 251 g/mol. The highest BCUT2D eigenvalue weighted by Crippen LogP contribution is 2.44. The number of benzene rings is 1. The molecule has 0 spiro atoms. The van der Waals surface area contributed by atoms with E-state index in [4.69, 9.17) is 4.74 Å². The van der Waals surface area contributed by atoms with Gasteiger partial charge in [-0.1, -0.05) is 25.3 Å². The first-order valence-corrected chi connectivity index (χ1v) is 6.32. The van der Waals surface area contributed by atoms with Gasteiger partial charge in [-0.2, -0.15) is 0 Å². The summed E-state index contributed by atoms with van der Waals surface area (Å²) < 4.78 is 19.1. The zero-order valence-electron chi connectivity index (χ0n) is 10.8. The number of carboxylic acid groups (broad SMARTS) is 1. The summed E-state index contributed by atoms with van der Waals surface area (Å²) in [4.78, 5) is 11.6. The number of hydrogen-bond donors (Lipinski definition) is 2. The van der Waals surface area contributed by atoms with Crippen molar-refractivity contribution in [2.45, 2.75) is 37.5 Å². The smallest absolute Gasteiger partial charge is 0.314 e. The lowest BCUT2D eigenvalue weighted by Gasteiger charge is -2.34. The van der Waals surface area contributed by atoms with Crippen LogP contribution in [0.3, 0.4) is 0 Å². The van der Waals surface area contributed by atoms with Crippen LogP contribution in [-0.4, -0.2) is 23.3 Å². The maximum absolute atomic E-state index is 14.2. The van der Waals surface area contributed by atoms with E-state index in [1.165, 1.54) is 19.2 Å². The molecular formula is C14H17FO4. The highest BCUT2D eigenvalue weighted by Gasteiger charge is 2.44. The van der Waals surface area contributed by atoms with Crippen molar-refractivity contribution in [2.75, 3.05) is 7.11 Å². The Hall–Kier alpha value is -1.78. The van der Waals surface area contributed by atoms with Gasteiger partial charge in [-0.25, -0.2) is 4.39 Å². The molecule has 104 valence electrons. The Kier molecular flexibility index (Phi) is 3.64. The fraction of sp³-hybridized carbons (Fsp3) is 0.500. The molecule has 19 heavy (non-hydrogen) atoms. The van der Waals surface area contributed by atoms with Crippen LogP contribution in [0.1, 0.15) is 37.7 Å². The van der Waals surface area contributed by atoms with Crippen molar-refractivity contribution < 1.29 is 24.1 Å². The third-order valence-corrected chi connectivity index (χ3v) is 3.93. The van der Waals surface area contributed by atoms with Gasteiger partial charge >= 0.3 is 5.97 Å².